The molecule has 130 valence electrons. The number of methoxy groups -OCH3 is 1. The molecule has 0 aliphatic carbocycles. The fourth-order valence-electron chi connectivity index (χ4n) is 2.01. The number of nitro groups is 1. The van der Waals surface area contributed by atoms with E-state index in [1.54, 1.807) is 24.3 Å². The number of nitro benzene ring substituents is 1. The van der Waals surface area contributed by atoms with Crippen LogP contribution in [0.5, 0.6) is 5.75 Å². The monoisotopic (exact) mass is 362 g/mol. The van der Waals surface area contributed by atoms with Crippen molar-refractivity contribution in [1.82, 2.24) is 0 Å². The maximum Gasteiger partial charge on any atom is 0.313 e. The third-order valence-corrected chi connectivity index (χ3v) is 4.17. The van der Waals surface area contributed by atoms with E-state index in [-0.39, 0.29) is 21.9 Å². The average Bonchev–Trinajstić information content (AvgIpc) is 2.60. The highest BCUT2D eigenvalue weighted by molar-refractivity contribution is 8.00. The molecule has 0 saturated heterocycles. The second-order valence-electron chi connectivity index (χ2n) is 4.78. The fraction of sp³-hybridized carbons (Fsp3) is 0.125. The van der Waals surface area contributed by atoms with Crippen molar-refractivity contribution in [2.45, 2.75) is 4.90 Å². The molecule has 0 heterocycles. The SMILES string of the molecule is COc1ccccc1NC(=O)c1ccc(SCC(=O)O)c([N+](=O)[O-])c1. The number of nitrogens with one attached hydrogen (secondary N) is 1. The molecule has 0 bridgehead atoms. The van der Waals surface area contributed by atoms with Gasteiger partial charge in [0.1, 0.15) is 5.75 Å². The summed E-state index contributed by atoms with van der Waals surface area (Å²) >= 11 is 0.821. The second kappa shape index (κ2) is 8.15. The number of hydrogen-bond donors (Lipinski definition) is 2. The minimum atomic E-state index is -1.09. The van der Waals surface area contributed by atoms with Gasteiger partial charge in [-0.05, 0) is 24.3 Å². The number of thioether (sulfide) groups is 1. The summed E-state index contributed by atoms with van der Waals surface area (Å²) in [5.41, 5.74) is 0.193. The number of amides is 1. The maximum atomic E-state index is 12.3. The first-order chi connectivity index (χ1) is 11.9. The van der Waals surface area contributed by atoms with E-state index in [4.69, 9.17) is 9.84 Å². The summed E-state index contributed by atoms with van der Waals surface area (Å²) in [6.45, 7) is 0. The summed E-state index contributed by atoms with van der Waals surface area (Å²) in [7, 11) is 1.46. The first-order valence-electron chi connectivity index (χ1n) is 6.99. The normalized spacial score (nSPS) is 10.1. The van der Waals surface area contributed by atoms with Crippen LogP contribution in [0.3, 0.4) is 0 Å². The van der Waals surface area contributed by atoms with Gasteiger partial charge in [-0.25, -0.2) is 0 Å². The molecule has 2 aromatic rings. The van der Waals surface area contributed by atoms with Crippen LogP contribution in [0.4, 0.5) is 11.4 Å². The van der Waals surface area contributed by atoms with E-state index >= 15 is 0 Å². The van der Waals surface area contributed by atoms with Crippen LogP contribution in [0, 0.1) is 10.1 Å². The number of nitrogens with zero attached hydrogens (tertiary/aromatic N) is 1. The lowest BCUT2D eigenvalue weighted by molar-refractivity contribution is -0.387. The number of rotatable bonds is 7. The van der Waals surface area contributed by atoms with E-state index < -0.39 is 16.8 Å². The summed E-state index contributed by atoms with van der Waals surface area (Å²) in [4.78, 5) is 33.7. The van der Waals surface area contributed by atoms with Crippen molar-refractivity contribution in [2.75, 3.05) is 18.2 Å². The number of para-hydroxylation sites is 2. The zero-order chi connectivity index (χ0) is 18.4. The Labute approximate surface area is 147 Å². The number of carbonyl (C=O) groups excluding carboxylic acids is 1. The van der Waals surface area contributed by atoms with E-state index in [0.29, 0.717) is 11.4 Å². The predicted octanol–water partition coefficient (Wildman–Crippen LogP) is 3.03. The molecular weight excluding hydrogens is 348 g/mol. The Balaban J connectivity index is 2.26. The van der Waals surface area contributed by atoms with Crippen molar-refractivity contribution in [1.29, 1.82) is 0 Å². The number of aliphatic carboxylic acids is 1. The van der Waals surface area contributed by atoms with Crippen molar-refractivity contribution in [2.24, 2.45) is 0 Å². The summed E-state index contributed by atoms with van der Waals surface area (Å²) < 4.78 is 5.14. The van der Waals surface area contributed by atoms with E-state index in [1.807, 2.05) is 0 Å². The molecule has 0 aliphatic rings. The Morgan fingerprint density at radius 2 is 2.00 bits per heavy atom. The van der Waals surface area contributed by atoms with Gasteiger partial charge in [0, 0.05) is 11.6 Å². The van der Waals surface area contributed by atoms with Gasteiger partial charge in [0.2, 0.25) is 0 Å². The number of hydrogen-bond acceptors (Lipinski definition) is 6. The molecule has 0 radical (unpaired) electrons. The lowest BCUT2D eigenvalue weighted by Gasteiger charge is -2.10. The van der Waals surface area contributed by atoms with Crippen LogP contribution < -0.4 is 10.1 Å². The highest BCUT2D eigenvalue weighted by atomic mass is 32.2. The Kier molecular flexibility index (Phi) is 5.96. The van der Waals surface area contributed by atoms with Gasteiger partial charge >= 0.3 is 5.97 Å². The second-order valence-corrected chi connectivity index (χ2v) is 5.79. The maximum absolute atomic E-state index is 12.3. The number of carboxylic acid groups (broad SMARTS) is 1. The van der Waals surface area contributed by atoms with E-state index in [9.17, 15) is 19.7 Å². The van der Waals surface area contributed by atoms with Gasteiger partial charge in [-0.2, -0.15) is 0 Å². The van der Waals surface area contributed by atoms with Gasteiger partial charge in [-0.3, -0.25) is 19.7 Å². The van der Waals surface area contributed by atoms with Crippen LogP contribution in [0.15, 0.2) is 47.4 Å². The van der Waals surface area contributed by atoms with Crippen LogP contribution in [-0.4, -0.2) is 34.8 Å². The summed E-state index contributed by atoms with van der Waals surface area (Å²) in [6, 6.07) is 10.7. The van der Waals surface area contributed by atoms with Crippen LogP contribution in [0.25, 0.3) is 0 Å². The highest BCUT2D eigenvalue weighted by Crippen LogP contribution is 2.31. The molecule has 0 spiro atoms. The smallest absolute Gasteiger partial charge is 0.313 e. The molecule has 0 aliphatic heterocycles. The van der Waals surface area contributed by atoms with Gasteiger partial charge in [0.15, 0.2) is 0 Å². The molecule has 8 nitrogen and oxygen atoms in total. The van der Waals surface area contributed by atoms with Crippen LogP contribution in [0.2, 0.25) is 0 Å². The summed E-state index contributed by atoms with van der Waals surface area (Å²) in [6.07, 6.45) is 0. The average molecular weight is 362 g/mol. The van der Waals surface area contributed by atoms with Gasteiger partial charge in [-0.15, -0.1) is 11.8 Å². The number of ether oxygens (including phenoxy) is 1. The van der Waals surface area contributed by atoms with Gasteiger partial charge in [0.25, 0.3) is 11.6 Å². The van der Waals surface area contributed by atoms with Crippen LogP contribution in [0.1, 0.15) is 10.4 Å². The molecule has 2 aromatic carbocycles. The van der Waals surface area contributed by atoms with E-state index in [0.717, 1.165) is 17.8 Å². The molecule has 0 unspecified atom stereocenters. The molecular formula is C16H14N2O6S. The van der Waals surface area contributed by atoms with Crippen molar-refractivity contribution in [3.8, 4) is 5.75 Å². The summed E-state index contributed by atoms with van der Waals surface area (Å²) in [5.74, 6) is -1.48. The zero-order valence-corrected chi connectivity index (χ0v) is 13.9. The Morgan fingerprint density at radius 3 is 2.64 bits per heavy atom. The van der Waals surface area contributed by atoms with Crippen molar-refractivity contribution < 1.29 is 24.4 Å². The van der Waals surface area contributed by atoms with Gasteiger partial charge in [-0.1, -0.05) is 12.1 Å². The molecule has 0 atom stereocenters. The van der Waals surface area contributed by atoms with Crippen LogP contribution in [-0.2, 0) is 4.79 Å². The minimum Gasteiger partial charge on any atom is -0.495 e. The lowest BCUT2D eigenvalue weighted by atomic mass is 10.2. The largest absolute Gasteiger partial charge is 0.495 e. The topological polar surface area (TPSA) is 119 Å². The molecule has 9 heteroatoms. The van der Waals surface area contributed by atoms with E-state index in [1.165, 1.54) is 19.2 Å². The van der Waals surface area contributed by atoms with Gasteiger partial charge < -0.3 is 15.2 Å². The lowest BCUT2D eigenvalue weighted by Crippen LogP contribution is -2.13. The number of benzene rings is 2. The van der Waals surface area contributed by atoms with Crippen molar-refractivity contribution in [3.05, 3.63) is 58.1 Å². The Hall–Kier alpha value is -3.07. The molecule has 1 amide bonds. The highest BCUT2D eigenvalue weighted by Gasteiger charge is 2.19. The fourth-order valence-corrected chi connectivity index (χ4v) is 2.73. The van der Waals surface area contributed by atoms with Crippen LogP contribution >= 0.6 is 11.8 Å². The Morgan fingerprint density at radius 1 is 1.28 bits per heavy atom. The number of carboxylic acids is 1. The Bertz CT molecular complexity index is 824. The molecule has 0 aromatic heterocycles. The van der Waals surface area contributed by atoms with Gasteiger partial charge in [0.05, 0.1) is 28.4 Å². The van der Waals surface area contributed by atoms with E-state index in [2.05, 4.69) is 5.32 Å². The van der Waals surface area contributed by atoms with Crippen molar-refractivity contribution in [3.63, 3.8) is 0 Å². The predicted molar refractivity (Wildman–Crippen MR) is 92.4 cm³/mol. The molecule has 25 heavy (non-hydrogen) atoms. The zero-order valence-electron chi connectivity index (χ0n) is 13.1. The van der Waals surface area contributed by atoms with Crippen molar-refractivity contribution >= 4 is 35.0 Å². The third-order valence-electron chi connectivity index (χ3n) is 3.12. The first-order valence-corrected chi connectivity index (χ1v) is 7.98. The number of anilines is 1. The third kappa shape index (κ3) is 4.70. The quantitative estimate of drug-likeness (QED) is 0.441. The first kappa shape index (κ1) is 18.3. The molecule has 0 saturated carbocycles. The molecule has 2 rings (SSSR count). The molecule has 0 fully saturated rings. The molecule has 2 N–H and O–H groups in total. The standard InChI is InChI=1S/C16H14N2O6S/c1-24-13-5-3-2-4-11(13)17-16(21)10-6-7-14(25-9-15(19)20)12(8-10)18(22)23/h2-8H,9H2,1H3,(H,17,21)(H,19,20). The number of carbonyl (C=O) groups is 2. The summed E-state index contributed by atoms with van der Waals surface area (Å²) in [5, 5.41) is 22.5. The minimum absolute atomic E-state index is 0.0808.